The van der Waals surface area contributed by atoms with Crippen molar-refractivity contribution in [3.05, 3.63) is 59.5 Å². The largest absolute Gasteiger partial charge is 0.467 e. The minimum Gasteiger partial charge on any atom is -0.467 e. The van der Waals surface area contributed by atoms with Crippen LogP contribution in [0.1, 0.15) is 40.3 Å². The van der Waals surface area contributed by atoms with E-state index in [1.54, 1.807) is 47.6 Å². The number of furan rings is 1. The van der Waals surface area contributed by atoms with E-state index in [4.69, 9.17) is 4.42 Å². The predicted molar refractivity (Wildman–Crippen MR) is 83.6 cm³/mol. The van der Waals surface area contributed by atoms with Crippen molar-refractivity contribution in [3.8, 4) is 0 Å². The maximum atomic E-state index is 12.2. The fourth-order valence-electron chi connectivity index (χ4n) is 2.14. The van der Waals surface area contributed by atoms with Crippen molar-refractivity contribution >= 4 is 11.8 Å². The van der Waals surface area contributed by atoms with Crippen LogP contribution in [0.2, 0.25) is 0 Å². The molecule has 1 N–H and O–H groups in total. The van der Waals surface area contributed by atoms with E-state index in [1.165, 1.54) is 0 Å². The van der Waals surface area contributed by atoms with E-state index in [2.05, 4.69) is 5.32 Å². The summed E-state index contributed by atoms with van der Waals surface area (Å²) in [7, 11) is 0. The van der Waals surface area contributed by atoms with Gasteiger partial charge in [-0.1, -0.05) is 0 Å². The normalized spacial score (nSPS) is 10.3. The molecule has 5 nitrogen and oxygen atoms in total. The summed E-state index contributed by atoms with van der Waals surface area (Å²) >= 11 is 0. The topological polar surface area (TPSA) is 62.6 Å². The molecule has 0 fully saturated rings. The number of hydrogen-bond acceptors (Lipinski definition) is 3. The Kier molecular flexibility index (Phi) is 5.36. The SMILES string of the molecule is CCN(CC)C(=O)c1ccc(C(=O)NCc2ccco2)cc1. The molecule has 2 aromatic rings. The van der Waals surface area contributed by atoms with Gasteiger partial charge in [0.2, 0.25) is 0 Å². The lowest BCUT2D eigenvalue weighted by atomic mass is 10.1. The van der Waals surface area contributed by atoms with Gasteiger partial charge >= 0.3 is 0 Å². The molecule has 0 spiro atoms. The second kappa shape index (κ2) is 7.45. The minimum atomic E-state index is -0.196. The molecule has 5 heteroatoms. The van der Waals surface area contributed by atoms with Gasteiger partial charge in [-0.15, -0.1) is 0 Å². The van der Waals surface area contributed by atoms with Crippen molar-refractivity contribution < 1.29 is 14.0 Å². The molecule has 1 aromatic heterocycles. The standard InChI is InChI=1S/C17H20N2O3/c1-3-19(4-2)17(21)14-9-7-13(8-10-14)16(20)18-12-15-6-5-11-22-15/h5-11H,3-4,12H2,1-2H3,(H,18,20). The van der Waals surface area contributed by atoms with E-state index >= 15 is 0 Å². The van der Waals surface area contributed by atoms with Crippen LogP contribution in [0.3, 0.4) is 0 Å². The minimum absolute atomic E-state index is 0.0208. The summed E-state index contributed by atoms with van der Waals surface area (Å²) in [5.41, 5.74) is 1.11. The summed E-state index contributed by atoms with van der Waals surface area (Å²) < 4.78 is 5.16. The van der Waals surface area contributed by atoms with Gasteiger partial charge in [-0.3, -0.25) is 9.59 Å². The first-order valence-electron chi connectivity index (χ1n) is 7.35. The Balaban J connectivity index is 1.98. The van der Waals surface area contributed by atoms with E-state index in [9.17, 15) is 9.59 Å². The maximum Gasteiger partial charge on any atom is 0.253 e. The average Bonchev–Trinajstić information content (AvgIpc) is 3.07. The molecule has 1 aromatic carbocycles. The number of nitrogens with one attached hydrogen (secondary N) is 1. The first kappa shape index (κ1) is 15.8. The van der Waals surface area contributed by atoms with Crippen molar-refractivity contribution in [2.75, 3.05) is 13.1 Å². The number of hydrogen-bond donors (Lipinski definition) is 1. The zero-order valence-corrected chi connectivity index (χ0v) is 12.8. The molecule has 2 amide bonds. The van der Waals surface area contributed by atoms with Crippen LogP contribution in [0, 0.1) is 0 Å². The van der Waals surface area contributed by atoms with Gasteiger partial charge in [0.15, 0.2) is 0 Å². The van der Waals surface area contributed by atoms with Crippen LogP contribution >= 0.6 is 0 Å². The number of benzene rings is 1. The van der Waals surface area contributed by atoms with Crippen molar-refractivity contribution in [1.82, 2.24) is 10.2 Å². The molecular weight excluding hydrogens is 280 g/mol. The van der Waals surface area contributed by atoms with Gasteiger partial charge < -0.3 is 14.6 Å². The smallest absolute Gasteiger partial charge is 0.253 e. The first-order chi connectivity index (χ1) is 10.7. The molecule has 0 atom stereocenters. The van der Waals surface area contributed by atoms with Gasteiger partial charge in [-0.25, -0.2) is 0 Å². The van der Waals surface area contributed by atoms with Crippen molar-refractivity contribution in [2.45, 2.75) is 20.4 Å². The predicted octanol–water partition coefficient (Wildman–Crippen LogP) is 2.69. The summed E-state index contributed by atoms with van der Waals surface area (Å²) in [6, 6.07) is 10.3. The summed E-state index contributed by atoms with van der Waals surface area (Å²) in [4.78, 5) is 25.9. The van der Waals surface area contributed by atoms with Crippen LogP contribution in [-0.2, 0) is 6.54 Å². The van der Waals surface area contributed by atoms with Crippen molar-refractivity contribution in [3.63, 3.8) is 0 Å². The Hall–Kier alpha value is -2.56. The van der Waals surface area contributed by atoms with Gasteiger partial charge in [0.25, 0.3) is 11.8 Å². The van der Waals surface area contributed by atoms with Crippen molar-refractivity contribution in [2.24, 2.45) is 0 Å². The zero-order valence-electron chi connectivity index (χ0n) is 12.8. The summed E-state index contributed by atoms with van der Waals surface area (Å²) in [5, 5.41) is 2.77. The lowest BCUT2D eigenvalue weighted by Crippen LogP contribution is -2.30. The lowest BCUT2D eigenvalue weighted by molar-refractivity contribution is 0.0772. The third kappa shape index (κ3) is 3.75. The molecule has 116 valence electrons. The average molecular weight is 300 g/mol. The van der Waals surface area contributed by atoms with Gasteiger partial charge in [-0.05, 0) is 50.2 Å². The second-order valence-electron chi connectivity index (χ2n) is 4.82. The number of amides is 2. The molecular formula is C17H20N2O3. The number of rotatable bonds is 6. The molecule has 0 unspecified atom stereocenters. The molecule has 0 radical (unpaired) electrons. The Labute approximate surface area is 129 Å². The van der Waals surface area contributed by atoms with Crippen LogP contribution in [0.5, 0.6) is 0 Å². The highest BCUT2D eigenvalue weighted by Crippen LogP contribution is 2.08. The number of nitrogens with zero attached hydrogens (tertiary/aromatic N) is 1. The van der Waals surface area contributed by atoms with E-state index in [-0.39, 0.29) is 11.8 Å². The summed E-state index contributed by atoms with van der Waals surface area (Å²) in [5.74, 6) is 0.479. The third-order valence-corrected chi connectivity index (χ3v) is 3.45. The fourth-order valence-corrected chi connectivity index (χ4v) is 2.14. The molecule has 22 heavy (non-hydrogen) atoms. The first-order valence-corrected chi connectivity index (χ1v) is 7.35. The fraction of sp³-hybridized carbons (Fsp3) is 0.294. The van der Waals surface area contributed by atoms with Gasteiger partial charge in [-0.2, -0.15) is 0 Å². The highest BCUT2D eigenvalue weighted by atomic mass is 16.3. The quantitative estimate of drug-likeness (QED) is 0.892. The van der Waals surface area contributed by atoms with E-state index in [0.717, 1.165) is 0 Å². The van der Waals surface area contributed by atoms with E-state index in [0.29, 0.717) is 36.5 Å². The Morgan fingerprint density at radius 2 is 1.68 bits per heavy atom. The Morgan fingerprint density at radius 3 is 2.23 bits per heavy atom. The zero-order chi connectivity index (χ0) is 15.9. The van der Waals surface area contributed by atoms with Crippen LogP contribution in [0.25, 0.3) is 0 Å². The molecule has 0 aliphatic heterocycles. The highest BCUT2D eigenvalue weighted by Gasteiger charge is 2.13. The Morgan fingerprint density at radius 1 is 1.05 bits per heavy atom. The van der Waals surface area contributed by atoms with Gasteiger partial charge in [0.05, 0.1) is 12.8 Å². The monoisotopic (exact) mass is 300 g/mol. The molecule has 0 bridgehead atoms. The van der Waals surface area contributed by atoms with E-state index < -0.39 is 0 Å². The number of carbonyl (C=O) groups excluding carboxylic acids is 2. The van der Waals surface area contributed by atoms with Gasteiger partial charge in [0.1, 0.15) is 5.76 Å². The number of carbonyl (C=O) groups is 2. The summed E-state index contributed by atoms with van der Waals surface area (Å²) in [6.07, 6.45) is 1.56. The van der Waals surface area contributed by atoms with Gasteiger partial charge in [0, 0.05) is 24.2 Å². The highest BCUT2D eigenvalue weighted by molar-refractivity contribution is 5.97. The van der Waals surface area contributed by atoms with Crippen LogP contribution in [-0.4, -0.2) is 29.8 Å². The van der Waals surface area contributed by atoms with Crippen LogP contribution in [0.15, 0.2) is 47.1 Å². The summed E-state index contributed by atoms with van der Waals surface area (Å²) in [6.45, 7) is 5.56. The van der Waals surface area contributed by atoms with E-state index in [1.807, 2.05) is 13.8 Å². The Bertz CT molecular complexity index is 614. The molecule has 0 aliphatic rings. The van der Waals surface area contributed by atoms with Crippen molar-refractivity contribution in [1.29, 1.82) is 0 Å². The lowest BCUT2D eigenvalue weighted by Gasteiger charge is -2.18. The van der Waals surface area contributed by atoms with Crippen LogP contribution in [0.4, 0.5) is 0 Å². The van der Waals surface area contributed by atoms with Crippen LogP contribution < -0.4 is 5.32 Å². The third-order valence-electron chi connectivity index (χ3n) is 3.45. The molecule has 2 rings (SSSR count). The second-order valence-corrected chi connectivity index (χ2v) is 4.82. The molecule has 0 saturated heterocycles. The molecule has 0 saturated carbocycles. The maximum absolute atomic E-state index is 12.2. The molecule has 1 heterocycles. The molecule has 0 aliphatic carbocycles.